The highest BCUT2D eigenvalue weighted by Crippen LogP contribution is 2.51. The number of aliphatic carboxylic acids is 1. The molecule has 3 atom stereocenters. The van der Waals surface area contributed by atoms with E-state index in [2.05, 4.69) is 10.2 Å². The lowest BCUT2D eigenvalue weighted by Gasteiger charge is -2.26. The molecule has 1 aromatic carbocycles. The lowest BCUT2D eigenvalue weighted by Crippen LogP contribution is -2.36. The molecule has 6 nitrogen and oxygen atoms in total. The first-order valence-electron chi connectivity index (χ1n) is 7.10. The van der Waals surface area contributed by atoms with E-state index in [0.717, 1.165) is 17.3 Å². The van der Waals surface area contributed by atoms with Gasteiger partial charge in [-0.1, -0.05) is 0 Å². The number of fused-ring (bicyclic) bond motifs is 2. The molecular weight excluding hydrogens is 270 g/mol. The molecule has 1 saturated heterocycles. The molecule has 1 aliphatic carbocycles. The van der Waals surface area contributed by atoms with Gasteiger partial charge in [-0.3, -0.25) is 14.7 Å². The number of amides is 1. The largest absolute Gasteiger partial charge is 0.481 e. The molecule has 6 heteroatoms. The quantitative estimate of drug-likeness (QED) is 0.872. The predicted octanol–water partition coefficient (Wildman–Crippen LogP) is 1.36. The van der Waals surface area contributed by atoms with Crippen molar-refractivity contribution in [1.82, 2.24) is 15.1 Å². The summed E-state index contributed by atoms with van der Waals surface area (Å²) < 4.78 is 0. The summed E-state index contributed by atoms with van der Waals surface area (Å²) in [6.45, 7) is 1.21. The molecule has 2 N–H and O–H groups in total. The molecule has 2 aliphatic rings. The van der Waals surface area contributed by atoms with Crippen molar-refractivity contribution in [1.29, 1.82) is 0 Å². The molecule has 0 spiro atoms. The van der Waals surface area contributed by atoms with Crippen LogP contribution in [0.25, 0.3) is 10.9 Å². The lowest BCUT2D eigenvalue weighted by molar-refractivity contribution is -0.139. The Balaban J connectivity index is 1.54. The summed E-state index contributed by atoms with van der Waals surface area (Å²) in [6, 6.07) is 5.46. The van der Waals surface area contributed by atoms with Crippen LogP contribution >= 0.6 is 0 Å². The Morgan fingerprint density at radius 1 is 1.33 bits per heavy atom. The molecule has 1 aliphatic heterocycles. The van der Waals surface area contributed by atoms with Gasteiger partial charge in [-0.05, 0) is 36.5 Å². The van der Waals surface area contributed by atoms with E-state index in [9.17, 15) is 9.59 Å². The number of H-pyrrole nitrogens is 1. The summed E-state index contributed by atoms with van der Waals surface area (Å²) in [5.41, 5.74) is 1.54. The molecular formula is C15H15N3O3. The van der Waals surface area contributed by atoms with Gasteiger partial charge in [0.2, 0.25) is 0 Å². The molecule has 2 heterocycles. The minimum Gasteiger partial charge on any atom is -0.481 e. The van der Waals surface area contributed by atoms with E-state index in [4.69, 9.17) is 5.11 Å². The number of carbonyl (C=O) groups is 2. The second kappa shape index (κ2) is 4.31. The van der Waals surface area contributed by atoms with Crippen LogP contribution in [0.3, 0.4) is 0 Å². The van der Waals surface area contributed by atoms with Crippen molar-refractivity contribution in [2.24, 2.45) is 17.8 Å². The number of carboxylic acid groups (broad SMARTS) is 1. The van der Waals surface area contributed by atoms with Crippen molar-refractivity contribution >= 4 is 22.8 Å². The summed E-state index contributed by atoms with van der Waals surface area (Å²) in [4.78, 5) is 25.4. The molecule has 0 radical (unpaired) electrons. The van der Waals surface area contributed by atoms with Crippen LogP contribution in [0, 0.1) is 17.8 Å². The molecule has 2 aromatic rings. The first kappa shape index (κ1) is 12.4. The van der Waals surface area contributed by atoms with Crippen molar-refractivity contribution in [2.75, 3.05) is 13.1 Å². The highest BCUT2D eigenvalue weighted by atomic mass is 16.4. The van der Waals surface area contributed by atoms with E-state index in [1.807, 2.05) is 12.1 Å². The molecule has 1 aromatic heterocycles. The summed E-state index contributed by atoms with van der Waals surface area (Å²) in [5.74, 6) is -0.591. The number of hydrogen-bond acceptors (Lipinski definition) is 3. The van der Waals surface area contributed by atoms with Crippen LogP contribution in [0.5, 0.6) is 0 Å². The zero-order valence-corrected chi connectivity index (χ0v) is 11.3. The van der Waals surface area contributed by atoms with E-state index < -0.39 is 5.97 Å². The third-order valence-corrected chi connectivity index (χ3v) is 4.75. The molecule has 0 bridgehead atoms. The van der Waals surface area contributed by atoms with Gasteiger partial charge in [0.1, 0.15) is 0 Å². The number of aromatic amines is 1. The minimum absolute atomic E-state index is 0.0208. The van der Waals surface area contributed by atoms with Crippen molar-refractivity contribution in [3.63, 3.8) is 0 Å². The molecule has 108 valence electrons. The van der Waals surface area contributed by atoms with Crippen LogP contribution in [-0.4, -0.2) is 45.2 Å². The first-order valence-corrected chi connectivity index (χ1v) is 7.10. The van der Waals surface area contributed by atoms with Crippen LogP contribution < -0.4 is 0 Å². The smallest absolute Gasteiger partial charge is 0.307 e. The predicted molar refractivity (Wildman–Crippen MR) is 74.7 cm³/mol. The molecule has 4 rings (SSSR count). The number of aromatic nitrogens is 2. The first-order chi connectivity index (χ1) is 10.1. The summed E-state index contributed by atoms with van der Waals surface area (Å²) >= 11 is 0. The number of nitrogens with one attached hydrogen (secondary N) is 1. The third-order valence-electron chi connectivity index (χ3n) is 4.75. The average molecular weight is 285 g/mol. The standard InChI is InChI=1S/C15H15N3O3/c19-14(8-1-2-12-9(5-8)6-16-17-12)18-4-3-10-11(7-18)13(10)15(20)21/h1-2,5-6,10-11,13H,3-4,7H2,(H,16,17)(H,20,21)/t10-,11+,13-/m1/s1. The second-order valence-electron chi connectivity index (χ2n) is 5.90. The summed E-state index contributed by atoms with van der Waals surface area (Å²) in [5, 5.41) is 16.8. The number of piperidine rings is 1. The van der Waals surface area contributed by atoms with Crippen molar-refractivity contribution in [2.45, 2.75) is 6.42 Å². The summed E-state index contributed by atoms with van der Waals surface area (Å²) in [7, 11) is 0. The fraction of sp³-hybridized carbons (Fsp3) is 0.400. The van der Waals surface area contributed by atoms with Crippen molar-refractivity contribution in [3.8, 4) is 0 Å². The SMILES string of the molecule is O=C(O)[C@@H]1[C@@H]2CCN(C(=O)c3ccc4[nH]ncc4c3)C[C@@H]21. The van der Waals surface area contributed by atoms with Gasteiger partial charge in [0.15, 0.2) is 0 Å². The maximum Gasteiger partial charge on any atom is 0.307 e. The van der Waals surface area contributed by atoms with Gasteiger partial charge < -0.3 is 10.0 Å². The fourth-order valence-corrected chi connectivity index (χ4v) is 3.55. The number of carboxylic acids is 1. The van der Waals surface area contributed by atoms with Crippen LogP contribution in [0.4, 0.5) is 0 Å². The normalized spacial score (nSPS) is 27.4. The average Bonchev–Trinajstić information content (AvgIpc) is 3.02. The topological polar surface area (TPSA) is 86.3 Å². The molecule has 1 saturated carbocycles. The van der Waals surface area contributed by atoms with E-state index in [1.54, 1.807) is 17.2 Å². The molecule has 2 fully saturated rings. The Kier molecular flexibility index (Phi) is 2.54. The molecule has 21 heavy (non-hydrogen) atoms. The number of nitrogens with zero attached hydrogens (tertiary/aromatic N) is 2. The number of carbonyl (C=O) groups excluding carboxylic acids is 1. The Morgan fingerprint density at radius 2 is 2.19 bits per heavy atom. The number of rotatable bonds is 2. The zero-order chi connectivity index (χ0) is 14.6. The van der Waals surface area contributed by atoms with Crippen molar-refractivity contribution in [3.05, 3.63) is 30.0 Å². The maximum absolute atomic E-state index is 12.6. The number of benzene rings is 1. The number of likely N-dealkylation sites (tertiary alicyclic amines) is 1. The van der Waals surface area contributed by atoms with Gasteiger partial charge >= 0.3 is 5.97 Å². The van der Waals surface area contributed by atoms with E-state index in [1.165, 1.54) is 0 Å². The molecule has 0 unspecified atom stereocenters. The maximum atomic E-state index is 12.6. The van der Waals surface area contributed by atoms with Gasteiger partial charge in [-0.2, -0.15) is 5.10 Å². The van der Waals surface area contributed by atoms with Crippen LogP contribution in [0.2, 0.25) is 0 Å². The summed E-state index contributed by atoms with van der Waals surface area (Å²) in [6.07, 6.45) is 2.49. The van der Waals surface area contributed by atoms with Crippen LogP contribution in [-0.2, 0) is 4.79 Å². The van der Waals surface area contributed by atoms with E-state index in [-0.39, 0.29) is 23.7 Å². The Morgan fingerprint density at radius 3 is 3.00 bits per heavy atom. The Hall–Kier alpha value is -2.37. The molecule has 1 amide bonds. The second-order valence-corrected chi connectivity index (χ2v) is 5.90. The van der Waals surface area contributed by atoms with Gasteiger partial charge in [-0.25, -0.2) is 0 Å². The zero-order valence-electron chi connectivity index (χ0n) is 11.3. The van der Waals surface area contributed by atoms with E-state index >= 15 is 0 Å². The Labute approximate surface area is 120 Å². The van der Waals surface area contributed by atoms with Gasteiger partial charge in [0.05, 0.1) is 17.6 Å². The minimum atomic E-state index is -0.723. The third kappa shape index (κ3) is 1.90. The Bertz CT molecular complexity index is 739. The van der Waals surface area contributed by atoms with Gasteiger partial charge in [0, 0.05) is 24.0 Å². The number of hydrogen-bond donors (Lipinski definition) is 2. The van der Waals surface area contributed by atoms with Gasteiger partial charge in [-0.15, -0.1) is 0 Å². The monoisotopic (exact) mass is 285 g/mol. The van der Waals surface area contributed by atoms with Gasteiger partial charge in [0.25, 0.3) is 5.91 Å². The van der Waals surface area contributed by atoms with E-state index in [0.29, 0.717) is 18.7 Å². The highest BCUT2D eigenvalue weighted by Gasteiger charge is 2.57. The lowest BCUT2D eigenvalue weighted by atomic mass is 10.1. The van der Waals surface area contributed by atoms with Crippen LogP contribution in [0.1, 0.15) is 16.8 Å². The highest BCUT2D eigenvalue weighted by molar-refractivity contribution is 5.98. The van der Waals surface area contributed by atoms with Crippen LogP contribution in [0.15, 0.2) is 24.4 Å². The van der Waals surface area contributed by atoms with Crippen molar-refractivity contribution < 1.29 is 14.7 Å². The fourth-order valence-electron chi connectivity index (χ4n) is 3.55.